The van der Waals surface area contributed by atoms with Crippen molar-refractivity contribution in [2.24, 2.45) is 0 Å². The third-order valence-corrected chi connectivity index (χ3v) is 2.33. The van der Waals surface area contributed by atoms with Crippen molar-refractivity contribution in [1.29, 1.82) is 0 Å². The molecule has 0 fully saturated rings. The molecule has 0 saturated heterocycles. The molecule has 0 amide bonds. The van der Waals surface area contributed by atoms with Gasteiger partial charge in [-0.3, -0.25) is 0 Å². The Morgan fingerprint density at radius 1 is 0.455 bits per heavy atom. The van der Waals surface area contributed by atoms with Crippen LogP contribution in [0.1, 0.15) is 0 Å². The Bertz CT molecular complexity index is 722. The molecule has 0 aliphatic carbocycles. The highest BCUT2D eigenvalue weighted by atomic mass is 19.2. The van der Waals surface area contributed by atoms with E-state index in [1.807, 2.05) is 0 Å². The molecular weight excluding hydrogens is 333 g/mol. The molecule has 0 unspecified atom stereocenters. The highest BCUT2D eigenvalue weighted by molar-refractivity contribution is 5.36. The van der Waals surface area contributed by atoms with Crippen molar-refractivity contribution >= 4 is 0 Å². The highest BCUT2D eigenvalue weighted by Gasteiger charge is 2.30. The van der Waals surface area contributed by atoms with E-state index < -0.39 is 64.1 Å². The van der Waals surface area contributed by atoms with Crippen molar-refractivity contribution in [3.05, 3.63) is 52.6 Å². The molecule has 118 valence electrons. The van der Waals surface area contributed by atoms with E-state index in [-0.39, 0.29) is 0 Å². The van der Waals surface area contributed by atoms with Gasteiger partial charge in [0.15, 0.2) is 0 Å². The Balaban J connectivity index is 2.68. The zero-order valence-corrected chi connectivity index (χ0v) is 9.76. The van der Waals surface area contributed by atoms with E-state index in [0.29, 0.717) is 0 Å². The number of aromatic nitrogens is 1. The van der Waals surface area contributed by atoms with Gasteiger partial charge in [-0.2, -0.15) is 31.3 Å². The number of hydrogen-bond donors (Lipinski definition) is 0. The van der Waals surface area contributed by atoms with Crippen LogP contribution >= 0.6 is 0 Å². The lowest BCUT2D eigenvalue weighted by Gasteiger charge is -2.11. The van der Waals surface area contributed by atoms with Crippen molar-refractivity contribution in [3.63, 3.8) is 0 Å². The number of pyridine rings is 1. The molecule has 1 heterocycles. The van der Waals surface area contributed by atoms with Gasteiger partial charge >= 0.3 is 0 Å². The SMILES string of the molecule is Fc1nc(F)c(F)c(Oc2c(F)c(F)c(F)c(F)c2F)c1F. The molecule has 0 spiro atoms. The average molecular weight is 333 g/mol. The Kier molecular flexibility index (Phi) is 3.90. The number of hydrogen-bond acceptors (Lipinski definition) is 2. The summed E-state index contributed by atoms with van der Waals surface area (Å²) in [6.07, 6.45) is 0. The van der Waals surface area contributed by atoms with Crippen LogP contribution < -0.4 is 4.74 Å². The van der Waals surface area contributed by atoms with Crippen molar-refractivity contribution < 1.29 is 44.3 Å². The van der Waals surface area contributed by atoms with Crippen LogP contribution in [0.2, 0.25) is 0 Å². The molecule has 11 heteroatoms. The standard InChI is InChI=1S/C11F9NO/c12-1-2(13)4(15)8(5(16)3(1)14)22-9-6(17)10(19)21-11(20)7(9)18. The van der Waals surface area contributed by atoms with E-state index in [1.54, 1.807) is 0 Å². The first-order valence-electron chi connectivity index (χ1n) is 5.06. The molecule has 1 aromatic heterocycles. The maximum Gasteiger partial charge on any atom is 0.255 e. The summed E-state index contributed by atoms with van der Waals surface area (Å²) in [4.78, 5) is 2.11. The predicted octanol–water partition coefficient (Wildman–Crippen LogP) is 4.13. The number of rotatable bonds is 2. The third-order valence-electron chi connectivity index (χ3n) is 2.33. The van der Waals surface area contributed by atoms with E-state index in [9.17, 15) is 39.5 Å². The van der Waals surface area contributed by atoms with Gasteiger partial charge in [0.25, 0.3) is 11.9 Å². The molecule has 0 N–H and O–H groups in total. The fourth-order valence-corrected chi connectivity index (χ4v) is 1.33. The largest absolute Gasteiger partial charge is 0.444 e. The van der Waals surface area contributed by atoms with Gasteiger partial charge in [0.05, 0.1) is 0 Å². The van der Waals surface area contributed by atoms with E-state index >= 15 is 0 Å². The van der Waals surface area contributed by atoms with Gasteiger partial charge in [0.1, 0.15) is 0 Å². The summed E-state index contributed by atoms with van der Waals surface area (Å²) in [5, 5.41) is 0. The first-order valence-corrected chi connectivity index (χ1v) is 5.06. The van der Waals surface area contributed by atoms with Gasteiger partial charge in [0, 0.05) is 0 Å². The normalized spacial score (nSPS) is 11.0. The molecule has 2 nitrogen and oxygen atoms in total. The topological polar surface area (TPSA) is 22.1 Å². The van der Waals surface area contributed by atoms with Gasteiger partial charge in [-0.25, -0.2) is 13.2 Å². The van der Waals surface area contributed by atoms with Crippen LogP contribution in [0.5, 0.6) is 11.5 Å². The van der Waals surface area contributed by atoms with E-state index in [2.05, 4.69) is 9.72 Å². The fraction of sp³-hybridized carbons (Fsp3) is 0. The summed E-state index contributed by atoms with van der Waals surface area (Å²) in [6.45, 7) is 0. The van der Waals surface area contributed by atoms with Gasteiger partial charge in [0.2, 0.25) is 52.2 Å². The number of ether oxygens (including phenoxy) is 1. The Morgan fingerprint density at radius 3 is 1.18 bits per heavy atom. The summed E-state index contributed by atoms with van der Waals surface area (Å²) in [7, 11) is 0. The summed E-state index contributed by atoms with van der Waals surface area (Å²) in [6, 6.07) is 0. The van der Waals surface area contributed by atoms with Gasteiger partial charge in [-0.15, -0.1) is 0 Å². The summed E-state index contributed by atoms with van der Waals surface area (Å²) in [5.74, 6) is -26.1. The molecule has 0 atom stereocenters. The first-order chi connectivity index (χ1) is 10.2. The smallest absolute Gasteiger partial charge is 0.255 e. The lowest BCUT2D eigenvalue weighted by Crippen LogP contribution is -2.08. The minimum atomic E-state index is -2.57. The minimum absolute atomic E-state index is 2.06. The van der Waals surface area contributed by atoms with E-state index in [0.717, 1.165) is 0 Å². The fourth-order valence-electron chi connectivity index (χ4n) is 1.33. The van der Waals surface area contributed by atoms with Gasteiger partial charge in [-0.05, 0) is 0 Å². The predicted molar refractivity (Wildman–Crippen MR) is 50.4 cm³/mol. The Labute approximate surface area is 114 Å². The van der Waals surface area contributed by atoms with Crippen LogP contribution in [0, 0.1) is 52.6 Å². The van der Waals surface area contributed by atoms with Crippen LogP contribution in [-0.4, -0.2) is 4.98 Å². The molecule has 2 rings (SSSR count). The van der Waals surface area contributed by atoms with Crippen LogP contribution in [0.15, 0.2) is 0 Å². The zero-order valence-electron chi connectivity index (χ0n) is 9.76. The zero-order chi connectivity index (χ0) is 16.8. The average Bonchev–Trinajstić information content (AvgIpc) is 2.48. The molecule has 1 aromatic carbocycles. The van der Waals surface area contributed by atoms with Crippen LogP contribution in [0.25, 0.3) is 0 Å². The number of halogens is 9. The lowest BCUT2D eigenvalue weighted by molar-refractivity contribution is 0.301. The van der Waals surface area contributed by atoms with Crippen molar-refractivity contribution in [3.8, 4) is 11.5 Å². The molecule has 0 aliphatic rings. The number of benzene rings is 1. The summed E-state index contributed by atoms with van der Waals surface area (Å²) in [5.41, 5.74) is 0. The third kappa shape index (κ3) is 2.31. The second-order valence-electron chi connectivity index (χ2n) is 3.65. The van der Waals surface area contributed by atoms with Gasteiger partial charge < -0.3 is 4.74 Å². The molecule has 0 radical (unpaired) electrons. The van der Waals surface area contributed by atoms with E-state index in [4.69, 9.17) is 0 Å². The summed E-state index contributed by atoms with van der Waals surface area (Å²) < 4.78 is 121. The van der Waals surface area contributed by atoms with Crippen molar-refractivity contribution in [1.82, 2.24) is 4.98 Å². The molecule has 0 saturated carbocycles. The van der Waals surface area contributed by atoms with E-state index in [1.165, 1.54) is 0 Å². The lowest BCUT2D eigenvalue weighted by atomic mass is 10.2. The van der Waals surface area contributed by atoms with Crippen LogP contribution in [-0.2, 0) is 0 Å². The molecule has 2 aromatic rings. The molecule has 0 bridgehead atoms. The minimum Gasteiger partial charge on any atom is -0.444 e. The number of nitrogens with zero attached hydrogens (tertiary/aromatic N) is 1. The van der Waals surface area contributed by atoms with Crippen molar-refractivity contribution in [2.75, 3.05) is 0 Å². The molecular formula is C11F9NO. The Hall–Kier alpha value is -2.46. The highest BCUT2D eigenvalue weighted by Crippen LogP contribution is 2.35. The molecule has 22 heavy (non-hydrogen) atoms. The van der Waals surface area contributed by atoms with Crippen LogP contribution in [0.3, 0.4) is 0 Å². The van der Waals surface area contributed by atoms with Crippen LogP contribution in [0.4, 0.5) is 39.5 Å². The second-order valence-corrected chi connectivity index (χ2v) is 3.65. The quantitative estimate of drug-likeness (QED) is 0.357. The van der Waals surface area contributed by atoms with Crippen molar-refractivity contribution in [2.45, 2.75) is 0 Å². The summed E-state index contributed by atoms with van der Waals surface area (Å²) >= 11 is 0. The maximum atomic E-state index is 13.3. The first kappa shape index (κ1) is 15.9. The van der Waals surface area contributed by atoms with Gasteiger partial charge in [-0.1, -0.05) is 0 Å². The second kappa shape index (κ2) is 5.39. The molecule has 0 aliphatic heterocycles. The maximum absolute atomic E-state index is 13.3. The Morgan fingerprint density at radius 2 is 0.773 bits per heavy atom. The monoisotopic (exact) mass is 333 g/mol.